The fourth-order valence-electron chi connectivity index (χ4n) is 5.05. The van der Waals surface area contributed by atoms with E-state index in [2.05, 4.69) is 5.32 Å². The molecule has 0 spiro atoms. The van der Waals surface area contributed by atoms with Gasteiger partial charge in [-0.25, -0.2) is 0 Å². The van der Waals surface area contributed by atoms with E-state index in [4.69, 9.17) is 0 Å². The Kier molecular flexibility index (Phi) is 7.08. The number of nitrogens with one attached hydrogen (secondary N) is 1. The molecule has 0 bridgehead atoms. The zero-order valence-electron chi connectivity index (χ0n) is 18.9. The van der Waals surface area contributed by atoms with Gasteiger partial charge in [-0.15, -0.1) is 0 Å². The van der Waals surface area contributed by atoms with Gasteiger partial charge in [0.15, 0.2) is 0 Å². The standard InChI is InChI=1S/C26H33N3O3/c1-19(30)28-16-13-23-22(17-28)18-29(15-12-21-7-3-2-4-8-21)26(32)24(23)25(31)27-14-11-20-9-5-6-10-20/h2-4,7-8,18,20H,5-6,9-17H2,1H3,(H,27,31). The van der Waals surface area contributed by atoms with Gasteiger partial charge in [0.2, 0.25) is 5.91 Å². The van der Waals surface area contributed by atoms with Crippen LogP contribution >= 0.6 is 0 Å². The minimum atomic E-state index is -0.269. The van der Waals surface area contributed by atoms with Gasteiger partial charge in [-0.2, -0.15) is 0 Å². The molecule has 2 aromatic rings. The highest BCUT2D eigenvalue weighted by Crippen LogP contribution is 2.27. The second-order valence-corrected chi connectivity index (χ2v) is 9.13. The van der Waals surface area contributed by atoms with Gasteiger partial charge >= 0.3 is 0 Å². The Bertz CT molecular complexity index is 1020. The third-order valence-electron chi connectivity index (χ3n) is 6.94. The molecule has 1 aromatic heterocycles. The third-order valence-corrected chi connectivity index (χ3v) is 6.94. The summed E-state index contributed by atoms with van der Waals surface area (Å²) in [4.78, 5) is 40.2. The molecule has 0 atom stereocenters. The van der Waals surface area contributed by atoms with Crippen molar-refractivity contribution in [3.8, 4) is 0 Å². The van der Waals surface area contributed by atoms with Gasteiger partial charge in [0.05, 0.1) is 0 Å². The van der Waals surface area contributed by atoms with Crippen LogP contribution in [-0.2, 0) is 30.7 Å². The fourth-order valence-corrected chi connectivity index (χ4v) is 5.05. The quantitative estimate of drug-likeness (QED) is 0.725. The van der Waals surface area contributed by atoms with Crippen LogP contribution in [0, 0.1) is 5.92 Å². The molecule has 2 amide bonds. The van der Waals surface area contributed by atoms with Crippen LogP contribution in [0.4, 0.5) is 0 Å². The van der Waals surface area contributed by atoms with Crippen molar-refractivity contribution in [2.75, 3.05) is 13.1 Å². The van der Waals surface area contributed by atoms with Crippen molar-refractivity contribution < 1.29 is 9.59 Å². The molecule has 0 radical (unpaired) electrons. The maximum atomic E-state index is 13.4. The molecule has 2 aliphatic rings. The lowest BCUT2D eigenvalue weighted by atomic mass is 9.95. The first-order valence-electron chi connectivity index (χ1n) is 11.9. The lowest BCUT2D eigenvalue weighted by Gasteiger charge is -2.29. The lowest BCUT2D eigenvalue weighted by molar-refractivity contribution is -0.129. The molecule has 4 rings (SSSR count). The molecule has 1 aliphatic carbocycles. The molecule has 1 N–H and O–H groups in total. The molecule has 6 heteroatoms. The predicted molar refractivity (Wildman–Crippen MR) is 125 cm³/mol. The van der Waals surface area contributed by atoms with Crippen LogP contribution in [0.3, 0.4) is 0 Å². The Hall–Kier alpha value is -2.89. The number of benzene rings is 1. The number of pyridine rings is 1. The number of hydrogen-bond donors (Lipinski definition) is 1. The van der Waals surface area contributed by atoms with E-state index in [0.29, 0.717) is 44.9 Å². The van der Waals surface area contributed by atoms with E-state index in [9.17, 15) is 14.4 Å². The zero-order valence-corrected chi connectivity index (χ0v) is 18.9. The van der Waals surface area contributed by atoms with E-state index in [1.165, 1.54) is 25.7 Å². The summed E-state index contributed by atoms with van der Waals surface area (Å²) in [6, 6.07) is 10.0. The highest BCUT2D eigenvalue weighted by Gasteiger charge is 2.27. The summed E-state index contributed by atoms with van der Waals surface area (Å²) in [5, 5.41) is 3.02. The average molecular weight is 436 g/mol. The molecule has 0 saturated heterocycles. The van der Waals surface area contributed by atoms with Crippen LogP contribution in [-0.4, -0.2) is 34.4 Å². The number of nitrogens with zero attached hydrogens (tertiary/aromatic N) is 2. The van der Waals surface area contributed by atoms with Crippen LogP contribution in [0.1, 0.15) is 66.1 Å². The van der Waals surface area contributed by atoms with Crippen LogP contribution in [0.5, 0.6) is 0 Å². The van der Waals surface area contributed by atoms with E-state index in [1.54, 1.807) is 16.4 Å². The Morgan fingerprint density at radius 1 is 1.12 bits per heavy atom. The average Bonchev–Trinajstić information content (AvgIpc) is 3.31. The van der Waals surface area contributed by atoms with Crippen molar-refractivity contribution in [2.24, 2.45) is 5.92 Å². The minimum absolute atomic E-state index is 0.0141. The van der Waals surface area contributed by atoms with Crippen LogP contribution in [0.2, 0.25) is 0 Å². The monoisotopic (exact) mass is 435 g/mol. The topological polar surface area (TPSA) is 71.4 Å². The molecule has 1 aliphatic heterocycles. The van der Waals surface area contributed by atoms with E-state index in [-0.39, 0.29) is 22.9 Å². The second-order valence-electron chi connectivity index (χ2n) is 9.13. The van der Waals surface area contributed by atoms with E-state index in [1.807, 2.05) is 36.5 Å². The molecule has 0 unspecified atom stereocenters. The Morgan fingerprint density at radius 3 is 2.59 bits per heavy atom. The Morgan fingerprint density at radius 2 is 1.88 bits per heavy atom. The van der Waals surface area contributed by atoms with E-state index < -0.39 is 0 Å². The molecular weight excluding hydrogens is 402 g/mol. The highest BCUT2D eigenvalue weighted by atomic mass is 16.2. The summed E-state index contributed by atoms with van der Waals surface area (Å²) >= 11 is 0. The summed E-state index contributed by atoms with van der Waals surface area (Å²) in [6.07, 6.45) is 9.11. The van der Waals surface area contributed by atoms with Crippen LogP contribution < -0.4 is 10.9 Å². The van der Waals surface area contributed by atoms with Gasteiger partial charge in [-0.3, -0.25) is 14.4 Å². The first-order chi connectivity index (χ1) is 15.5. The number of hydrogen-bond acceptors (Lipinski definition) is 3. The van der Waals surface area contributed by atoms with Gasteiger partial charge in [0.1, 0.15) is 5.56 Å². The highest BCUT2D eigenvalue weighted by molar-refractivity contribution is 5.95. The van der Waals surface area contributed by atoms with Crippen molar-refractivity contribution >= 4 is 11.8 Å². The Balaban J connectivity index is 1.57. The molecule has 32 heavy (non-hydrogen) atoms. The van der Waals surface area contributed by atoms with E-state index >= 15 is 0 Å². The molecule has 1 aromatic carbocycles. The predicted octanol–water partition coefficient (Wildman–Crippen LogP) is 3.31. The smallest absolute Gasteiger partial charge is 0.263 e. The molecule has 6 nitrogen and oxygen atoms in total. The minimum Gasteiger partial charge on any atom is -0.352 e. The van der Waals surface area contributed by atoms with Crippen molar-refractivity contribution in [1.82, 2.24) is 14.8 Å². The Labute approximate surface area is 189 Å². The normalized spacial score (nSPS) is 16.1. The summed E-state index contributed by atoms with van der Waals surface area (Å²) in [5.41, 5.74) is 2.89. The van der Waals surface area contributed by atoms with Gasteiger partial charge in [-0.05, 0) is 41.9 Å². The molecule has 2 heterocycles. The number of aryl methyl sites for hydroxylation is 2. The number of aromatic nitrogens is 1. The molecular formula is C26H33N3O3. The van der Waals surface area contributed by atoms with Crippen molar-refractivity contribution in [1.29, 1.82) is 0 Å². The lowest BCUT2D eigenvalue weighted by Crippen LogP contribution is -2.41. The van der Waals surface area contributed by atoms with Gasteiger partial charge in [0.25, 0.3) is 11.5 Å². The maximum absolute atomic E-state index is 13.4. The van der Waals surface area contributed by atoms with Gasteiger partial charge in [0, 0.05) is 39.3 Å². The first kappa shape index (κ1) is 22.3. The van der Waals surface area contributed by atoms with Crippen molar-refractivity contribution in [2.45, 2.75) is 65.0 Å². The summed E-state index contributed by atoms with van der Waals surface area (Å²) in [5.74, 6) is 0.432. The van der Waals surface area contributed by atoms with Crippen LogP contribution in [0.15, 0.2) is 41.3 Å². The third kappa shape index (κ3) is 5.12. The first-order valence-corrected chi connectivity index (χ1v) is 11.9. The number of amides is 2. The van der Waals surface area contributed by atoms with Gasteiger partial charge < -0.3 is 14.8 Å². The largest absolute Gasteiger partial charge is 0.352 e. The zero-order chi connectivity index (χ0) is 22.5. The SMILES string of the molecule is CC(=O)N1CCc2c(cn(CCc3ccccc3)c(=O)c2C(=O)NCCC2CCCC2)C1. The van der Waals surface area contributed by atoms with Gasteiger partial charge in [-0.1, -0.05) is 56.0 Å². The summed E-state index contributed by atoms with van der Waals surface area (Å²) < 4.78 is 1.65. The summed E-state index contributed by atoms with van der Waals surface area (Å²) in [6.45, 7) is 3.65. The second kappa shape index (κ2) is 10.2. The number of fused-ring (bicyclic) bond motifs is 1. The number of carbonyl (C=O) groups excluding carboxylic acids is 2. The van der Waals surface area contributed by atoms with E-state index in [0.717, 1.165) is 23.1 Å². The maximum Gasteiger partial charge on any atom is 0.263 e. The molecule has 170 valence electrons. The van der Waals surface area contributed by atoms with Crippen molar-refractivity contribution in [3.05, 3.63) is 69.1 Å². The molecule has 1 saturated carbocycles. The number of carbonyl (C=O) groups is 2. The van der Waals surface area contributed by atoms with Crippen molar-refractivity contribution in [3.63, 3.8) is 0 Å². The molecule has 1 fully saturated rings. The summed E-state index contributed by atoms with van der Waals surface area (Å²) in [7, 11) is 0. The number of rotatable bonds is 7. The van der Waals surface area contributed by atoms with Crippen LogP contribution in [0.25, 0.3) is 0 Å². The fraction of sp³-hybridized carbons (Fsp3) is 0.500.